The molecule has 1 saturated heterocycles. The molecule has 156 valence electrons. The van der Waals surface area contributed by atoms with Crippen LogP contribution in [-0.2, 0) is 4.79 Å². The zero-order valence-electron chi connectivity index (χ0n) is 16.9. The number of nitrogens with one attached hydrogen (secondary N) is 1. The second-order valence-electron chi connectivity index (χ2n) is 6.94. The van der Waals surface area contributed by atoms with Gasteiger partial charge in [0.25, 0.3) is 11.8 Å². The average Bonchev–Trinajstić information content (AvgIpc) is 3.00. The van der Waals surface area contributed by atoms with Crippen molar-refractivity contribution < 1.29 is 19.1 Å². The van der Waals surface area contributed by atoms with E-state index in [0.717, 1.165) is 22.3 Å². The van der Waals surface area contributed by atoms with E-state index in [1.807, 2.05) is 18.2 Å². The highest BCUT2D eigenvalue weighted by atomic mass is 32.2. The summed E-state index contributed by atoms with van der Waals surface area (Å²) in [5.74, 6) is 0.834. The van der Waals surface area contributed by atoms with Crippen LogP contribution in [0.1, 0.15) is 29.8 Å². The minimum Gasteiger partial charge on any atom is -0.493 e. The molecule has 2 amide bonds. The van der Waals surface area contributed by atoms with Crippen LogP contribution in [0.4, 0.5) is 0 Å². The summed E-state index contributed by atoms with van der Waals surface area (Å²) in [6.07, 6.45) is 1.71. The Bertz CT molecular complexity index is 990. The van der Waals surface area contributed by atoms with E-state index in [4.69, 9.17) is 21.7 Å². The lowest BCUT2D eigenvalue weighted by atomic mass is 10.2. The van der Waals surface area contributed by atoms with Gasteiger partial charge in [0.2, 0.25) is 0 Å². The number of hydrogen-bond donors (Lipinski definition) is 1. The molecule has 0 bridgehead atoms. The lowest BCUT2D eigenvalue weighted by Gasteiger charge is -2.15. The largest absolute Gasteiger partial charge is 0.493 e. The van der Waals surface area contributed by atoms with Crippen molar-refractivity contribution in [2.75, 3.05) is 13.7 Å². The fraction of sp³-hybridized carbons (Fsp3) is 0.227. The number of carbonyl (C=O) groups is 2. The molecule has 3 rings (SSSR count). The Labute approximate surface area is 185 Å². The van der Waals surface area contributed by atoms with Gasteiger partial charge >= 0.3 is 0 Å². The summed E-state index contributed by atoms with van der Waals surface area (Å²) in [6.45, 7) is 4.72. The highest BCUT2D eigenvalue weighted by Crippen LogP contribution is 2.34. The van der Waals surface area contributed by atoms with E-state index >= 15 is 0 Å². The van der Waals surface area contributed by atoms with Crippen molar-refractivity contribution in [3.05, 3.63) is 64.6 Å². The molecule has 0 atom stereocenters. The summed E-state index contributed by atoms with van der Waals surface area (Å²) in [5, 5.41) is 1.10. The topological polar surface area (TPSA) is 67.9 Å². The molecule has 6 nitrogen and oxygen atoms in total. The van der Waals surface area contributed by atoms with Gasteiger partial charge in [0.15, 0.2) is 15.8 Å². The summed E-state index contributed by atoms with van der Waals surface area (Å²) < 4.78 is 11.4. The quantitative estimate of drug-likeness (QED) is 0.510. The molecule has 2 aromatic rings. The number of carbonyl (C=O) groups excluding carboxylic acids is 2. The number of methoxy groups -OCH3 is 1. The van der Waals surface area contributed by atoms with Gasteiger partial charge in [-0.2, -0.15) is 5.01 Å². The number of ether oxygens (including phenoxy) is 2. The first-order valence-electron chi connectivity index (χ1n) is 9.34. The third-order valence-corrected chi connectivity index (χ3v) is 5.40. The molecule has 0 unspecified atom stereocenters. The first-order chi connectivity index (χ1) is 14.4. The molecule has 1 aliphatic rings. The summed E-state index contributed by atoms with van der Waals surface area (Å²) in [5.41, 5.74) is 3.77. The van der Waals surface area contributed by atoms with Crippen LogP contribution in [0.25, 0.3) is 6.08 Å². The number of hydrazine groups is 1. The molecule has 0 radical (unpaired) electrons. The molecule has 8 heteroatoms. The Morgan fingerprint density at radius 2 is 1.93 bits per heavy atom. The Balaban J connectivity index is 1.75. The van der Waals surface area contributed by atoms with Gasteiger partial charge < -0.3 is 9.47 Å². The van der Waals surface area contributed by atoms with E-state index in [1.165, 1.54) is 0 Å². The van der Waals surface area contributed by atoms with Crippen molar-refractivity contribution in [1.82, 2.24) is 10.4 Å². The van der Waals surface area contributed by atoms with Gasteiger partial charge in [-0.1, -0.05) is 49.9 Å². The number of nitrogens with zero attached hydrogens (tertiary/aromatic N) is 1. The SMILES string of the molecule is COc1cc(/C=C2\SC(=S)N(NC(=O)c3ccccc3)C2=O)ccc1OCC(C)C. The highest BCUT2D eigenvalue weighted by molar-refractivity contribution is 8.26. The number of hydrogen-bond acceptors (Lipinski definition) is 6. The van der Waals surface area contributed by atoms with E-state index in [9.17, 15) is 9.59 Å². The smallest absolute Gasteiger partial charge is 0.285 e. The summed E-state index contributed by atoms with van der Waals surface area (Å²) >= 11 is 6.40. The Morgan fingerprint density at radius 3 is 2.60 bits per heavy atom. The van der Waals surface area contributed by atoms with Gasteiger partial charge in [0.05, 0.1) is 18.6 Å². The minimum absolute atomic E-state index is 0.263. The van der Waals surface area contributed by atoms with Gasteiger partial charge in [0, 0.05) is 5.56 Å². The Morgan fingerprint density at radius 1 is 1.20 bits per heavy atom. The maximum Gasteiger partial charge on any atom is 0.285 e. The molecule has 0 spiro atoms. The Hall–Kier alpha value is -2.84. The molecule has 0 aromatic heterocycles. The van der Waals surface area contributed by atoms with Gasteiger partial charge in [-0.3, -0.25) is 15.0 Å². The van der Waals surface area contributed by atoms with Gasteiger partial charge in [0.1, 0.15) is 0 Å². The number of amides is 2. The minimum atomic E-state index is -0.401. The van der Waals surface area contributed by atoms with Crippen LogP contribution in [0.15, 0.2) is 53.4 Å². The maximum absolute atomic E-state index is 12.8. The molecule has 1 N–H and O–H groups in total. The predicted octanol–water partition coefficient (Wildman–Crippen LogP) is 4.28. The fourth-order valence-corrected chi connectivity index (χ4v) is 3.80. The zero-order chi connectivity index (χ0) is 21.7. The fourth-order valence-electron chi connectivity index (χ4n) is 2.62. The van der Waals surface area contributed by atoms with Gasteiger partial charge in [-0.15, -0.1) is 0 Å². The van der Waals surface area contributed by atoms with E-state index < -0.39 is 5.91 Å². The van der Waals surface area contributed by atoms with Crippen molar-refractivity contribution in [1.29, 1.82) is 0 Å². The van der Waals surface area contributed by atoms with Crippen LogP contribution < -0.4 is 14.9 Å². The van der Waals surface area contributed by atoms with Crippen LogP contribution >= 0.6 is 24.0 Å². The van der Waals surface area contributed by atoms with Crippen LogP contribution in [-0.4, -0.2) is 34.9 Å². The highest BCUT2D eigenvalue weighted by Gasteiger charge is 2.33. The number of rotatable bonds is 7. The Kier molecular flexibility index (Phi) is 7.12. The van der Waals surface area contributed by atoms with E-state index in [0.29, 0.717) is 34.5 Å². The predicted molar refractivity (Wildman–Crippen MR) is 122 cm³/mol. The van der Waals surface area contributed by atoms with Crippen molar-refractivity contribution in [2.45, 2.75) is 13.8 Å². The second kappa shape index (κ2) is 9.77. The summed E-state index contributed by atoms with van der Waals surface area (Å²) in [6, 6.07) is 14.1. The van der Waals surface area contributed by atoms with Gasteiger partial charge in [-0.25, -0.2) is 0 Å². The van der Waals surface area contributed by atoms with E-state index in [1.54, 1.807) is 43.5 Å². The third-order valence-electron chi connectivity index (χ3n) is 4.10. The standard InChI is InChI=1S/C22H22N2O4S2/c1-14(2)13-28-17-10-9-15(11-18(17)27-3)12-19-21(26)24(22(29)30-19)23-20(25)16-7-5-4-6-8-16/h4-12,14H,13H2,1-3H3,(H,23,25)/b19-12-. The number of thiocarbonyl (C=S) groups is 1. The normalized spacial score (nSPS) is 15.1. The summed E-state index contributed by atoms with van der Waals surface area (Å²) in [4.78, 5) is 25.5. The third kappa shape index (κ3) is 5.20. The maximum atomic E-state index is 12.8. The van der Waals surface area contributed by atoms with Crippen molar-refractivity contribution in [3.63, 3.8) is 0 Å². The lowest BCUT2D eigenvalue weighted by Crippen LogP contribution is -2.44. The van der Waals surface area contributed by atoms with Crippen molar-refractivity contribution in [3.8, 4) is 11.5 Å². The molecule has 1 fully saturated rings. The van der Waals surface area contributed by atoms with Crippen LogP contribution in [0.3, 0.4) is 0 Å². The monoisotopic (exact) mass is 442 g/mol. The molecule has 1 heterocycles. The van der Waals surface area contributed by atoms with Crippen molar-refractivity contribution in [2.24, 2.45) is 5.92 Å². The van der Waals surface area contributed by atoms with Crippen molar-refractivity contribution >= 4 is 46.2 Å². The molecule has 30 heavy (non-hydrogen) atoms. The molecule has 2 aromatic carbocycles. The first-order valence-corrected chi connectivity index (χ1v) is 10.6. The van der Waals surface area contributed by atoms with E-state index in [2.05, 4.69) is 19.3 Å². The second-order valence-corrected chi connectivity index (χ2v) is 8.61. The molecular weight excluding hydrogens is 420 g/mol. The number of thioether (sulfide) groups is 1. The van der Waals surface area contributed by atoms with Gasteiger partial charge in [-0.05, 0) is 54.0 Å². The summed E-state index contributed by atoms with van der Waals surface area (Å²) in [7, 11) is 1.57. The molecule has 0 aliphatic carbocycles. The molecule has 1 aliphatic heterocycles. The van der Waals surface area contributed by atoms with Crippen LogP contribution in [0, 0.1) is 5.92 Å². The number of benzene rings is 2. The molecular formula is C22H22N2O4S2. The molecule has 0 saturated carbocycles. The van der Waals surface area contributed by atoms with E-state index in [-0.39, 0.29) is 10.2 Å². The first kappa shape index (κ1) is 21.9. The lowest BCUT2D eigenvalue weighted by molar-refractivity contribution is -0.123. The van der Waals surface area contributed by atoms with Crippen LogP contribution in [0.2, 0.25) is 0 Å². The zero-order valence-corrected chi connectivity index (χ0v) is 18.5. The van der Waals surface area contributed by atoms with Crippen LogP contribution in [0.5, 0.6) is 11.5 Å². The average molecular weight is 443 g/mol.